The lowest BCUT2D eigenvalue weighted by Crippen LogP contribution is -2.46. The van der Waals surface area contributed by atoms with Crippen LogP contribution in [0.5, 0.6) is 0 Å². The molecule has 2 aromatic rings. The number of aliphatic hydroxyl groups is 1. The normalized spacial score (nSPS) is 19.7. The van der Waals surface area contributed by atoms with E-state index in [1.807, 2.05) is 47.0 Å². The third kappa shape index (κ3) is 4.26. The first-order valence-corrected chi connectivity index (χ1v) is 10.8. The molecule has 2 aliphatic heterocycles. The first kappa shape index (κ1) is 20.6. The van der Waals surface area contributed by atoms with E-state index in [4.69, 9.17) is 0 Å². The van der Waals surface area contributed by atoms with Crippen LogP contribution in [-0.2, 0) is 11.8 Å². The van der Waals surface area contributed by atoms with Crippen molar-refractivity contribution in [2.45, 2.75) is 31.8 Å². The minimum Gasteiger partial charge on any atom is -0.385 e. The van der Waals surface area contributed by atoms with Crippen LogP contribution in [0, 0.1) is 11.8 Å². The van der Waals surface area contributed by atoms with Crippen LogP contribution in [0.2, 0.25) is 0 Å². The Hall–Kier alpha value is -2.67. The fraction of sp³-hybridized carbons (Fsp3) is 0.522. The highest BCUT2D eigenvalue weighted by molar-refractivity contribution is 5.79. The Bertz CT molecular complexity index is 863. The van der Waals surface area contributed by atoms with Gasteiger partial charge in [-0.3, -0.25) is 9.59 Å². The van der Waals surface area contributed by atoms with Crippen molar-refractivity contribution in [3.05, 3.63) is 48.0 Å². The number of hydrogen-bond donors (Lipinski definition) is 1. The lowest BCUT2D eigenvalue weighted by molar-refractivity contribution is -0.138. The van der Waals surface area contributed by atoms with Gasteiger partial charge < -0.3 is 19.5 Å². The zero-order chi connectivity index (χ0) is 21.1. The lowest BCUT2D eigenvalue weighted by atomic mass is 9.89. The van der Waals surface area contributed by atoms with Gasteiger partial charge in [-0.25, -0.2) is 4.98 Å². The summed E-state index contributed by atoms with van der Waals surface area (Å²) in [5, 5.41) is 10.6. The lowest BCUT2D eigenvalue weighted by Gasteiger charge is -2.38. The molecule has 1 aromatic heterocycles. The number of imidazole rings is 1. The smallest absolute Gasteiger partial charge is 0.225 e. The zero-order valence-electron chi connectivity index (χ0n) is 17.5. The van der Waals surface area contributed by atoms with Gasteiger partial charge in [0, 0.05) is 62.8 Å². The third-order valence-electron chi connectivity index (χ3n) is 6.66. The number of hydrogen-bond acceptors (Lipinski definition) is 5. The fourth-order valence-electron chi connectivity index (χ4n) is 4.72. The Labute approximate surface area is 177 Å². The number of aliphatic hydroxyl groups excluding tert-OH is 1. The standard InChI is InChI=1S/C23H30N4O3/c1-25-15-10-24-22(25)21(29)18-6-13-27(14-7-18)23(30)19-8-11-26(12-9-19)20-4-2-17(16-28)3-5-20/h2-5,10,15-16,18-19,21,29H,6-9,11-14H2,1H3/t21-/m0/s1. The van der Waals surface area contributed by atoms with Gasteiger partial charge in [-0.2, -0.15) is 0 Å². The number of carbonyl (C=O) groups is 2. The summed E-state index contributed by atoms with van der Waals surface area (Å²) in [5.74, 6) is 1.18. The summed E-state index contributed by atoms with van der Waals surface area (Å²) in [6.45, 7) is 3.12. The monoisotopic (exact) mass is 410 g/mol. The molecule has 160 valence electrons. The molecule has 0 spiro atoms. The van der Waals surface area contributed by atoms with Crippen molar-refractivity contribution in [2.75, 3.05) is 31.1 Å². The number of likely N-dealkylation sites (tertiary alicyclic amines) is 1. The summed E-state index contributed by atoms with van der Waals surface area (Å²) >= 11 is 0. The topological polar surface area (TPSA) is 78.7 Å². The van der Waals surface area contributed by atoms with Crippen molar-refractivity contribution in [1.29, 1.82) is 0 Å². The number of aryl methyl sites for hydroxylation is 1. The number of nitrogens with zero attached hydrogens (tertiary/aromatic N) is 4. The number of benzene rings is 1. The molecule has 4 rings (SSSR count). The molecule has 0 aliphatic carbocycles. The number of aldehydes is 1. The minimum atomic E-state index is -0.573. The van der Waals surface area contributed by atoms with E-state index in [9.17, 15) is 14.7 Å². The Kier molecular flexibility index (Phi) is 6.18. The van der Waals surface area contributed by atoms with Crippen molar-refractivity contribution in [1.82, 2.24) is 14.5 Å². The van der Waals surface area contributed by atoms with Crippen molar-refractivity contribution < 1.29 is 14.7 Å². The van der Waals surface area contributed by atoms with Gasteiger partial charge in [0.15, 0.2) is 0 Å². The molecule has 0 bridgehead atoms. The van der Waals surface area contributed by atoms with Gasteiger partial charge in [0.2, 0.25) is 5.91 Å². The molecular weight excluding hydrogens is 380 g/mol. The Morgan fingerprint density at radius 3 is 2.33 bits per heavy atom. The summed E-state index contributed by atoms with van der Waals surface area (Å²) < 4.78 is 1.86. The SMILES string of the molecule is Cn1ccnc1[C@@H](O)C1CCN(C(=O)C2CCN(c3ccc(C=O)cc3)CC2)CC1. The van der Waals surface area contributed by atoms with Gasteiger partial charge in [0.25, 0.3) is 0 Å². The molecule has 1 N–H and O–H groups in total. The molecule has 0 radical (unpaired) electrons. The number of anilines is 1. The Balaban J connectivity index is 1.27. The number of carbonyl (C=O) groups excluding carboxylic acids is 2. The van der Waals surface area contributed by atoms with Gasteiger partial charge in [-0.05, 0) is 55.9 Å². The van der Waals surface area contributed by atoms with Crippen LogP contribution in [0.15, 0.2) is 36.7 Å². The van der Waals surface area contributed by atoms with E-state index in [0.29, 0.717) is 24.5 Å². The molecule has 3 heterocycles. The van der Waals surface area contributed by atoms with E-state index in [-0.39, 0.29) is 17.7 Å². The minimum absolute atomic E-state index is 0.0755. The van der Waals surface area contributed by atoms with Crippen molar-refractivity contribution in [2.24, 2.45) is 18.9 Å². The average Bonchev–Trinajstić information content (AvgIpc) is 3.24. The third-order valence-corrected chi connectivity index (χ3v) is 6.66. The van der Waals surface area contributed by atoms with Crippen LogP contribution in [-0.4, -0.2) is 57.9 Å². The molecule has 7 heteroatoms. The zero-order valence-corrected chi connectivity index (χ0v) is 17.5. The molecule has 2 aliphatic rings. The molecule has 1 aromatic carbocycles. The molecule has 1 atom stereocenters. The molecule has 1 amide bonds. The van der Waals surface area contributed by atoms with Crippen LogP contribution in [0.4, 0.5) is 5.69 Å². The van der Waals surface area contributed by atoms with Crippen LogP contribution in [0.25, 0.3) is 0 Å². The molecule has 0 unspecified atom stereocenters. The summed E-state index contributed by atoms with van der Waals surface area (Å²) in [5.41, 5.74) is 1.79. The highest BCUT2D eigenvalue weighted by atomic mass is 16.3. The molecule has 2 fully saturated rings. The second-order valence-corrected chi connectivity index (χ2v) is 8.47. The second kappa shape index (κ2) is 9.00. The number of aromatic nitrogens is 2. The summed E-state index contributed by atoms with van der Waals surface area (Å²) in [6, 6.07) is 7.62. The molecule has 30 heavy (non-hydrogen) atoms. The Morgan fingerprint density at radius 1 is 1.10 bits per heavy atom. The number of amides is 1. The van der Waals surface area contributed by atoms with Crippen molar-refractivity contribution in [3.8, 4) is 0 Å². The van der Waals surface area contributed by atoms with Crippen molar-refractivity contribution in [3.63, 3.8) is 0 Å². The predicted molar refractivity (Wildman–Crippen MR) is 114 cm³/mol. The van der Waals surface area contributed by atoms with Crippen molar-refractivity contribution >= 4 is 17.9 Å². The number of rotatable bonds is 5. The van der Waals surface area contributed by atoms with E-state index in [0.717, 1.165) is 50.7 Å². The van der Waals surface area contributed by atoms with Gasteiger partial charge in [0.1, 0.15) is 18.2 Å². The highest BCUT2D eigenvalue weighted by Crippen LogP contribution is 2.31. The maximum atomic E-state index is 13.0. The summed E-state index contributed by atoms with van der Waals surface area (Å²) in [6.07, 6.45) is 7.15. The van der Waals surface area contributed by atoms with Crippen LogP contribution >= 0.6 is 0 Å². The maximum absolute atomic E-state index is 13.0. The van der Waals surface area contributed by atoms with Gasteiger partial charge in [-0.15, -0.1) is 0 Å². The molecule has 7 nitrogen and oxygen atoms in total. The van der Waals surface area contributed by atoms with E-state index in [1.54, 1.807) is 6.20 Å². The highest BCUT2D eigenvalue weighted by Gasteiger charge is 2.33. The average molecular weight is 411 g/mol. The molecule has 0 saturated carbocycles. The molecular formula is C23H30N4O3. The molecule has 2 saturated heterocycles. The fourth-order valence-corrected chi connectivity index (χ4v) is 4.72. The van der Waals surface area contributed by atoms with Gasteiger partial charge in [-0.1, -0.05) is 0 Å². The summed E-state index contributed by atoms with van der Waals surface area (Å²) in [4.78, 5) is 32.4. The van der Waals surface area contributed by atoms with E-state index < -0.39 is 6.10 Å². The second-order valence-electron chi connectivity index (χ2n) is 8.47. The van der Waals surface area contributed by atoms with Gasteiger partial charge in [0.05, 0.1) is 0 Å². The largest absolute Gasteiger partial charge is 0.385 e. The maximum Gasteiger partial charge on any atom is 0.225 e. The van der Waals surface area contributed by atoms with Crippen LogP contribution in [0.1, 0.15) is 48.0 Å². The Morgan fingerprint density at radius 2 is 1.77 bits per heavy atom. The van der Waals surface area contributed by atoms with Gasteiger partial charge >= 0.3 is 0 Å². The van der Waals surface area contributed by atoms with Crippen LogP contribution in [0.3, 0.4) is 0 Å². The van der Waals surface area contributed by atoms with E-state index in [2.05, 4.69) is 9.88 Å². The van der Waals surface area contributed by atoms with E-state index >= 15 is 0 Å². The first-order valence-electron chi connectivity index (χ1n) is 10.8. The van der Waals surface area contributed by atoms with E-state index in [1.165, 1.54) is 0 Å². The summed E-state index contributed by atoms with van der Waals surface area (Å²) in [7, 11) is 1.90. The predicted octanol–water partition coefficient (Wildman–Crippen LogP) is 2.42. The quantitative estimate of drug-likeness (QED) is 0.766. The number of piperidine rings is 2. The first-order chi connectivity index (χ1) is 14.6. The van der Waals surface area contributed by atoms with Crippen LogP contribution < -0.4 is 4.90 Å².